The van der Waals surface area contributed by atoms with Crippen LogP contribution in [0.5, 0.6) is 5.75 Å². The van der Waals surface area contributed by atoms with Crippen LogP contribution in [0, 0.1) is 5.82 Å². The first kappa shape index (κ1) is 14.0. The van der Waals surface area contributed by atoms with Gasteiger partial charge in [0.05, 0.1) is 11.7 Å². The molecule has 104 valence electrons. The van der Waals surface area contributed by atoms with E-state index in [2.05, 4.69) is 5.32 Å². The smallest absolute Gasteiger partial charge is 0.258 e. The van der Waals surface area contributed by atoms with E-state index in [0.717, 1.165) is 6.07 Å². The molecule has 0 aliphatic carbocycles. The number of rotatable bonds is 3. The molecule has 0 aliphatic heterocycles. The summed E-state index contributed by atoms with van der Waals surface area (Å²) in [4.78, 5) is 11.9. The van der Waals surface area contributed by atoms with E-state index < -0.39 is 17.8 Å². The molecule has 2 aromatic carbocycles. The van der Waals surface area contributed by atoms with Crippen LogP contribution >= 0.6 is 0 Å². The van der Waals surface area contributed by atoms with Gasteiger partial charge in [-0.25, -0.2) is 4.39 Å². The third-order valence-electron chi connectivity index (χ3n) is 2.82. The topological polar surface area (TPSA) is 69.6 Å². The Hall–Kier alpha value is -2.40. The minimum Gasteiger partial charge on any atom is -0.508 e. The Balaban J connectivity index is 2.21. The van der Waals surface area contributed by atoms with Crippen LogP contribution in [0.15, 0.2) is 42.5 Å². The van der Waals surface area contributed by atoms with Gasteiger partial charge in [0.25, 0.3) is 5.91 Å². The van der Waals surface area contributed by atoms with Crippen molar-refractivity contribution in [3.8, 4) is 5.75 Å². The zero-order chi connectivity index (χ0) is 14.7. The van der Waals surface area contributed by atoms with Crippen LogP contribution in [-0.2, 0) is 0 Å². The Bertz CT molecular complexity index is 641. The van der Waals surface area contributed by atoms with Gasteiger partial charge in [-0.15, -0.1) is 0 Å². The van der Waals surface area contributed by atoms with Crippen molar-refractivity contribution in [1.82, 2.24) is 0 Å². The van der Waals surface area contributed by atoms with E-state index in [1.165, 1.54) is 12.1 Å². The number of hydrogen-bond donors (Lipinski definition) is 3. The second-order valence-corrected chi connectivity index (χ2v) is 4.42. The standard InChI is InChI=1S/C15H14FNO3/c1-9(18)10-3-2-4-11(7-10)17-15(20)13-6-5-12(19)8-14(13)16/h2-9,18-19H,1H3,(H,17,20). The number of phenolic OH excluding ortho intramolecular Hbond substituents is 1. The fourth-order valence-electron chi connectivity index (χ4n) is 1.76. The van der Waals surface area contributed by atoms with Gasteiger partial charge in [-0.05, 0) is 36.8 Å². The van der Waals surface area contributed by atoms with Crippen LogP contribution in [0.25, 0.3) is 0 Å². The van der Waals surface area contributed by atoms with Crippen molar-refractivity contribution in [3.63, 3.8) is 0 Å². The average Bonchev–Trinajstić information content (AvgIpc) is 2.38. The number of nitrogens with one attached hydrogen (secondary N) is 1. The van der Waals surface area contributed by atoms with Gasteiger partial charge in [0.1, 0.15) is 11.6 Å². The lowest BCUT2D eigenvalue weighted by Gasteiger charge is -2.09. The number of aromatic hydroxyl groups is 1. The maximum absolute atomic E-state index is 13.6. The molecule has 20 heavy (non-hydrogen) atoms. The molecule has 0 radical (unpaired) electrons. The highest BCUT2D eigenvalue weighted by molar-refractivity contribution is 6.04. The lowest BCUT2D eigenvalue weighted by atomic mass is 10.1. The van der Waals surface area contributed by atoms with Gasteiger partial charge >= 0.3 is 0 Å². The van der Waals surface area contributed by atoms with Crippen LogP contribution in [0.4, 0.5) is 10.1 Å². The van der Waals surface area contributed by atoms with Crippen molar-refractivity contribution in [1.29, 1.82) is 0 Å². The van der Waals surface area contributed by atoms with E-state index in [9.17, 15) is 14.3 Å². The van der Waals surface area contributed by atoms with Crippen molar-refractivity contribution in [2.24, 2.45) is 0 Å². The first-order chi connectivity index (χ1) is 9.47. The molecule has 0 heterocycles. The van der Waals surface area contributed by atoms with Gasteiger partial charge < -0.3 is 15.5 Å². The average molecular weight is 275 g/mol. The third kappa shape index (κ3) is 3.13. The molecule has 2 rings (SSSR count). The van der Waals surface area contributed by atoms with E-state index in [-0.39, 0.29) is 11.3 Å². The van der Waals surface area contributed by atoms with Gasteiger partial charge in [0.2, 0.25) is 0 Å². The van der Waals surface area contributed by atoms with Crippen LogP contribution in [0.2, 0.25) is 0 Å². The number of anilines is 1. The fourth-order valence-corrected chi connectivity index (χ4v) is 1.76. The first-order valence-corrected chi connectivity index (χ1v) is 6.05. The molecule has 0 bridgehead atoms. The minimum atomic E-state index is -0.797. The van der Waals surface area contributed by atoms with E-state index in [1.807, 2.05) is 0 Å². The van der Waals surface area contributed by atoms with Crippen molar-refractivity contribution in [3.05, 3.63) is 59.4 Å². The lowest BCUT2D eigenvalue weighted by molar-refractivity contribution is 0.102. The van der Waals surface area contributed by atoms with Gasteiger partial charge in [-0.1, -0.05) is 12.1 Å². The summed E-state index contributed by atoms with van der Waals surface area (Å²) in [5.74, 6) is -1.66. The molecule has 4 nitrogen and oxygen atoms in total. The summed E-state index contributed by atoms with van der Waals surface area (Å²) >= 11 is 0. The Labute approximate surface area is 115 Å². The Morgan fingerprint density at radius 3 is 2.65 bits per heavy atom. The Kier molecular flexibility index (Phi) is 4.00. The van der Waals surface area contributed by atoms with Crippen molar-refractivity contribution < 1.29 is 19.4 Å². The third-order valence-corrected chi connectivity index (χ3v) is 2.82. The summed E-state index contributed by atoms with van der Waals surface area (Å²) in [6, 6.07) is 9.99. The zero-order valence-electron chi connectivity index (χ0n) is 10.8. The van der Waals surface area contributed by atoms with Crippen molar-refractivity contribution >= 4 is 11.6 Å². The maximum atomic E-state index is 13.6. The number of phenols is 1. The second-order valence-electron chi connectivity index (χ2n) is 4.42. The van der Waals surface area contributed by atoms with Crippen LogP contribution in [0.1, 0.15) is 28.9 Å². The highest BCUT2D eigenvalue weighted by Crippen LogP contribution is 2.19. The molecular formula is C15H14FNO3. The monoisotopic (exact) mass is 275 g/mol. The molecule has 0 saturated carbocycles. The van der Waals surface area contributed by atoms with E-state index in [1.54, 1.807) is 31.2 Å². The number of amides is 1. The van der Waals surface area contributed by atoms with Gasteiger partial charge in [0.15, 0.2) is 0 Å². The molecule has 0 aromatic heterocycles. The number of aliphatic hydroxyl groups is 1. The summed E-state index contributed by atoms with van der Waals surface area (Å²) in [7, 11) is 0. The molecule has 0 aliphatic rings. The van der Waals surface area contributed by atoms with Gasteiger partial charge in [0, 0.05) is 11.8 Å². The predicted octanol–water partition coefficient (Wildman–Crippen LogP) is 2.84. The summed E-state index contributed by atoms with van der Waals surface area (Å²) in [6.07, 6.45) is -0.655. The van der Waals surface area contributed by atoms with E-state index in [4.69, 9.17) is 5.11 Å². The number of carbonyl (C=O) groups is 1. The maximum Gasteiger partial charge on any atom is 0.258 e. The summed E-state index contributed by atoms with van der Waals surface area (Å²) in [6.45, 7) is 1.61. The van der Waals surface area contributed by atoms with Crippen molar-refractivity contribution in [2.45, 2.75) is 13.0 Å². The number of benzene rings is 2. The molecule has 0 spiro atoms. The minimum absolute atomic E-state index is 0.162. The van der Waals surface area contributed by atoms with Gasteiger partial charge in [-0.3, -0.25) is 4.79 Å². The first-order valence-electron chi connectivity index (χ1n) is 6.05. The van der Waals surface area contributed by atoms with Crippen LogP contribution in [-0.4, -0.2) is 16.1 Å². The summed E-state index contributed by atoms with van der Waals surface area (Å²) in [5.41, 5.74) is 0.945. The molecule has 1 atom stereocenters. The summed E-state index contributed by atoms with van der Waals surface area (Å²) in [5, 5.41) is 21.1. The molecule has 1 unspecified atom stereocenters. The molecule has 0 fully saturated rings. The SMILES string of the molecule is CC(O)c1cccc(NC(=O)c2ccc(O)cc2F)c1. The molecular weight excluding hydrogens is 261 g/mol. The van der Waals surface area contributed by atoms with Crippen LogP contribution < -0.4 is 5.32 Å². The number of hydrogen-bond acceptors (Lipinski definition) is 3. The zero-order valence-corrected chi connectivity index (χ0v) is 10.8. The second kappa shape index (κ2) is 5.71. The Morgan fingerprint density at radius 1 is 1.25 bits per heavy atom. The number of halogens is 1. The number of carbonyl (C=O) groups excluding carboxylic acids is 1. The van der Waals surface area contributed by atoms with E-state index in [0.29, 0.717) is 11.3 Å². The predicted molar refractivity (Wildman–Crippen MR) is 73.1 cm³/mol. The molecule has 1 amide bonds. The molecule has 5 heteroatoms. The normalized spacial score (nSPS) is 11.9. The fraction of sp³-hybridized carbons (Fsp3) is 0.133. The highest BCUT2D eigenvalue weighted by atomic mass is 19.1. The molecule has 0 saturated heterocycles. The van der Waals surface area contributed by atoms with Crippen LogP contribution in [0.3, 0.4) is 0 Å². The quantitative estimate of drug-likeness (QED) is 0.806. The highest BCUT2D eigenvalue weighted by Gasteiger charge is 2.13. The Morgan fingerprint density at radius 2 is 2.00 bits per heavy atom. The summed E-state index contributed by atoms with van der Waals surface area (Å²) < 4.78 is 13.6. The van der Waals surface area contributed by atoms with Gasteiger partial charge in [-0.2, -0.15) is 0 Å². The largest absolute Gasteiger partial charge is 0.508 e. The lowest BCUT2D eigenvalue weighted by Crippen LogP contribution is -2.13. The molecule has 3 N–H and O–H groups in total. The van der Waals surface area contributed by atoms with E-state index >= 15 is 0 Å². The molecule has 2 aromatic rings. The van der Waals surface area contributed by atoms with Crippen molar-refractivity contribution in [2.75, 3.05) is 5.32 Å². The number of aliphatic hydroxyl groups excluding tert-OH is 1.